The Hall–Kier alpha value is -2.96. The van der Waals surface area contributed by atoms with Gasteiger partial charge in [-0.25, -0.2) is 9.48 Å². The van der Waals surface area contributed by atoms with Gasteiger partial charge >= 0.3 is 5.97 Å². The number of nitrogens with zero attached hydrogens (tertiary/aromatic N) is 2. The van der Waals surface area contributed by atoms with Gasteiger partial charge in [0.15, 0.2) is 12.0 Å². The number of carbonyl (C=O) groups excluding carboxylic acids is 3. The van der Waals surface area contributed by atoms with E-state index < -0.39 is 11.9 Å². The molecule has 0 spiro atoms. The lowest BCUT2D eigenvalue weighted by Gasteiger charge is -2.02. The topological polar surface area (TPSA) is 104 Å². The van der Waals surface area contributed by atoms with Crippen LogP contribution in [0.25, 0.3) is 5.69 Å². The van der Waals surface area contributed by atoms with Gasteiger partial charge in [0, 0.05) is 11.8 Å². The van der Waals surface area contributed by atoms with Crippen molar-refractivity contribution in [3.8, 4) is 5.69 Å². The SMILES string of the molecule is CCOC(=O)c1nn(-c2ccc(C(N)=O)cc2)cc1C=O. The van der Waals surface area contributed by atoms with Crippen LogP contribution in [0.3, 0.4) is 0 Å². The number of aldehydes is 1. The van der Waals surface area contributed by atoms with Crippen molar-refractivity contribution in [1.82, 2.24) is 9.78 Å². The molecule has 21 heavy (non-hydrogen) atoms. The van der Waals surface area contributed by atoms with Crippen LogP contribution in [-0.2, 0) is 4.74 Å². The molecule has 7 heteroatoms. The van der Waals surface area contributed by atoms with Gasteiger partial charge in [-0.2, -0.15) is 5.10 Å². The summed E-state index contributed by atoms with van der Waals surface area (Å²) in [6.07, 6.45) is 1.95. The molecular formula is C14H13N3O4. The van der Waals surface area contributed by atoms with Crippen molar-refractivity contribution in [2.24, 2.45) is 5.73 Å². The predicted molar refractivity (Wildman–Crippen MR) is 73.4 cm³/mol. The molecule has 2 aromatic rings. The predicted octanol–water partition coefficient (Wildman–Crippen LogP) is 0.960. The zero-order valence-electron chi connectivity index (χ0n) is 11.3. The first-order valence-electron chi connectivity index (χ1n) is 6.19. The van der Waals surface area contributed by atoms with Gasteiger partial charge in [0.1, 0.15) is 0 Å². The summed E-state index contributed by atoms with van der Waals surface area (Å²) in [6.45, 7) is 1.86. The molecule has 0 aliphatic rings. The minimum atomic E-state index is -0.660. The average Bonchev–Trinajstić information content (AvgIpc) is 2.92. The van der Waals surface area contributed by atoms with Crippen molar-refractivity contribution >= 4 is 18.2 Å². The maximum absolute atomic E-state index is 11.7. The van der Waals surface area contributed by atoms with Crippen LogP contribution in [0.4, 0.5) is 0 Å². The number of carbonyl (C=O) groups is 3. The second-order valence-corrected chi connectivity index (χ2v) is 4.13. The number of primary amides is 1. The number of ether oxygens (including phenoxy) is 1. The molecule has 1 heterocycles. The third-order valence-corrected chi connectivity index (χ3v) is 2.75. The first kappa shape index (κ1) is 14.4. The van der Waals surface area contributed by atoms with Crippen molar-refractivity contribution in [2.75, 3.05) is 6.61 Å². The molecular weight excluding hydrogens is 274 g/mol. The highest BCUT2D eigenvalue weighted by Gasteiger charge is 2.18. The monoisotopic (exact) mass is 287 g/mol. The van der Waals surface area contributed by atoms with Gasteiger partial charge in [0.25, 0.3) is 0 Å². The maximum atomic E-state index is 11.7. The van der Waals surface area contributed by atoms with E-state index in [1.807, 2.05) is 0 Å². The third kappa shape index (κ3) is 2.97. The Balaban J connectivity index is 2.38. The van der Waals surface area contributed by atoms with E-state index in [2.05, 4.69) is 5.10 Å². The van der Waals surface area contributed by atoms with E-state index in [1.54, 1.807) is 19.1 Å². The summed E-state index contributed by atoms with van der Waals surface area (Å²) < 4.78 is 6.20. The second kappa shape index (κ2) is 6.00. The minimum Gasteiger partial charge on any atom is -0.461 e. The van der Waals surface area contributed by atoms with Crippen molar-refractivity contribution in [3.63, 3.8) is 0 Å². The molecule has 7 nitrogen and oxygen atoms in total. The zero-order valence-corrected chi connectivity index (χ0v) is 11.3. The first-order chi connectivity index (χ1) is 10.1. The van der Waals surface area contributed by atoms with Gasteiger partial charge in [-0.15, -0.1) is 0 Å². The van der Waals surface area contributed by atoms with Gasteiger partial charge in [0.2, 0.25) is 5.91 Å². The molecule has 108 valence electrons. The molecule has 0 saturated heterocycles. The molecule has 0 fully saturated rings. The molecule has 0 bridgehead atoms. The highest BCUT2D eigenvalue weighted by Crippen LogP contribution is 2.13. The molecule has 0 radical (unpaired) electrons. The van der Waals surface area contributed by atoms with E-state index in [-0.39, 0.29) is 17.9 Å². The lowest BCUT2D eigenvalue weighted by molar-refractivity contribution is 0.0516. The summed E-state index contributed by atoms with van der Waals surface area (Å²) >= 11 is 0. The molecule has 1 amide bonds. The third-order valence-electron chi connectivity index (χ3n) is 2.75. The Morgan fingerprint density at radius 3 is 2.52 bits per heavy atom. The summed E-state index contributed by atoms with van der Waals surface area (Å²) in [5.41, 5.74) is 6.17. The number of hydrogen-bond donors (Lipinski definition) is 1. The fraction of sp³-hybridized carbons (Fsp3) is 0.143. The minimum absolute atomic E-state index is 0.0502. The van der Waals surface area contributed by atoms with Crippen molar-refractivity contribution in [3.05, 3.63) is 47.3 Å². The van der Waals surface area contributed by atoms with Crippen LogP contribution in [0.1, 0.15) is 38.1 Å². The van der Waals surface area contributed by atoms with Crippen LogP contribution < -0.4 is 5.73 Å². The number of rotatable bonds is 5. The summed E-state index contributed by atoms with van der Waals surface area (Å²) in [6, 6.07) is 6.28. The van der Waals surface area contributed by atoms with Crippen LogP contribution in [-0.4, -0.2) is 34.6 Å². The van der Waals surface area contributed by atoms with Gasteiger partial charge in [-0.1, -0.05) is 0 Å². The standard InChI is InChI=1S/C14H13N3O4/c1-2-21-14(20)12-10(8-18)7-17(16-12)11-5-3-9(4-6-11)13(15)19/h3-8H,2H2,1H3,(H2,15,19). The van der Waals surface area contributed by atoms with Crippen molar-refractivity contribution in [1.29, 1.82) is 0 Å². The van der Waals surface area contributed by atoms with Crippen LogP contribution in [0.5, 0.6) is 0 Å². The van der Waals surface area contributed by atoms with E-state index in [1.165, 1.54) is 23.0 Å². The normalized spacial score (nSPS) is 10.1. The first-order valence-corrected chi connectivity index (χ1v) is 6.19. The van der Waals surface area contributed by atoms with Crippen LogP contribution in [0.2, 0.25) is 0 Å². The molecule has 0 aliphatic heterocycles. The van der Waals surface area contributed by atoms with Crippen molar-refractivity contribution in [2.45, 2.75) is 6.92 Å². The van der Waals surface area contributed by atoms with E-state index in [0.29, 0.717) is 17.5 Å². The number of benzene rings is 1. The number of esters is 1. The zero-order chi connectivity index (χ0) is 15.4. The molecule has 0 saturated carbocycles. The van der Waals surface area contributed by atoms with Crippen molar-refractivity contribution < 1.29 is 19.1 Å². The summed E-state index contributed by atoms with van der Waals surface area (Å²) in [7, 11) is 0. The van der Waals surface area contributed by atoms with E-state index in [4.69, 9.17) is 10.5 Å². The number of aromatic nitrogens is 2. The fourth-order valence-corrected chi connectivity index (χ4v) is 1.74. The quantitative estimate of drug-likeness (QED) is 0.651. The summed E-state index contributed by atoms with van der Waals surface area (Å²) in [5, 5.41) is 4.04. The largest absolute Gasteiger partial charge is 0.461 e. The summed E-state index contributed by atoms with van der Waals surface area (Å²) in [4.78, 5) is 33.7. The van der Waals surface area contributed by atoms with E-state index >= 15 is 0 Å². The van der Waals surface area contributed by atoms with E-state index in [9.17, 15) is 14.4 Å². The Kier molecular flexibility index (Phi) is 4.13. The highest BCUT2D eigenvalue weighted by molar-refractivity contribution is 5.96. The molecule has 0 unspecified atom stereocenters. The van der Waals surface area contributed by atoms with Crippen LogP contribution in [0.15, 0.2) is 30.5 Å². The van der Waals surface area contributed by atoms with Gasteiger partial charge in [0.05, 0.1) is 17.9 Å². The Bertz CT molecular complexity index is 689. The smallest absolute Gasteiger partial charge is 0.359 e. The van der Waals surface area contributed by atoms with Gasteiger partial charge in [-0.3, -0.25) is 9.59 Å². The lowest BCUT2D eigenvalue weighted by atomic mass is 10.2. The maximum Gasteiger partial charge on any atom is 0.359 e. The molecule has 0 atom stereocenters. The Morgan fingerprint density at radius 2 is 2.00 bits per heavy atom. The molecule has 0 aliphatic carbocycles. The molecule has 2 rings (SSSR count). The average molecular weight is 287 g/mol. The molecule has 1 aromatic carbocycles. The number of amides is 1. The van der Waals surface area contributed by atoms with Crippen LogP contribution in [0, 0.1) is 0 Å². The van der Waals surface area contributed by atoms with Gasteiger partial charge in [-0.05, 0) is 31.2 Å². The summed E-state index contributed by atoms with van der Waals surface area (Å²) in [5.74, 6) is -1.20. The Morgan fingerprint density at radius 1 is 1.33 bits per heavy atom. The van der Waals surface area contributed by atoms with E-state index in [0.717, 1.165) is 0 Å². The number of hydrogen-bond acceptors (Lipinski definition) is 5. The van der Waals surface area contributed by atoms with Crippen LogP contribution >= 0.6 is 0 Å². The Labute approximate surface area is 120 Å². The molecule has 2 N–H and O–H groups in total. The highest BCUT2D eigenvalue weighted by atomic mass is 16.5. The van der Waals surface area contributed by atoms with Gasteiger partial charge < -0.3 is 10.5 Å². The fourth-order valence-electron chi connectivity index (χ4n) is 1.74. The number of nitrogens with two attached hydrogens (primary N) is 1. The lowest BCUT2D eigenvalue weighted by Crippen LogP contribution is -2.11. The second-order valence-electron chi connectivity index (χ2n) is 4.13. The molecule has 1 aromatic heterocycles.